The molecule has 16 heavy (non-hydrogen) atoms. The highest BCUT2D eigenvalue weighted by molar-refractivity contribution is 4.86. The molecule has 0 aromatic heterocycles. The second kappa shape index (κ2) is 6.55. The maximum Gasteiger partial charge on any atom is 0.0691 e. The molecule has 1 rings (SSSR count). The molecule has 0 aliphatic carbocycles. The molecule has 0 unspecified atom stereocenters. The van der Waals surface area contributed by atoms with Gasteiger partial charge in [-0.3, -0.25) is 0 Å². The summed E-state index contributed by atoms with van der Waals surface area (Å²) in [6.45, 7) is 6.68. The van der Waals surface area contributed by atoms with Crippen molar-refractivity contribution in [2.24, 2.45) is 5.92 Å². The van der Waals surface area contributed by atoms with Crippen LogP contribution < -0.4 is 5.32 Å². The fourth-order valence-corrected chi connectivity index (χ4v) is 2.35. The molecule has 0 saturated carbocycles. The third-order valence-corrected chi connectivity index (χ3v) is 3.38. The zero-order chi connectivity index (χ0) is 12.0. The van der Waals surface area contributed by atoms with Crippen LogP contribution in [0.4, 0.5) is 0 Å². The summed E-state index contributed by atoms with van der Waals surface area (Å²) in [5.74, 6) is 0.248. The highest BCUT2D eigenvalue weighted by Crippen LogP contribution is 2.30. The van der Waals surface area contributed by atoms with Gasteiger partial charge in [-0.2, -0.15) is 0 Å². The third-order valence-electron chi connectivity index (χ3n) is 3.38. The minimum atomic E-state index is -0.779. The summed E-state index contributed by atoms with van der Waals surface area (Å²) in [6.07, 6.45) is 1.74. The summed E-state index contributed by atoms with van der Waals surface area (Å²) in [5, 5.41) is 23.2. The molecule has 1 aliphatic heterocycles. The van der Waals surface area contributed by atoms with E-state index in [0.29, 0.717) is 13.0 Å². The summed E-state index contributed by atoms with van der Waals surface area (Å²) in [5.41, 5.74) is -0.779. The van der Waals surface area contributed by atoms with Crippen LogP contribution in [0.3, 0.4) is 0 Å². The number of ether oxygens (including phenoxy) is 1. The van der Waals surface area contributed by atoms with Crippen molar-refractivity contribution in [1.82, 2.24) is 5.32 Å². The molecule has 1 fully saturated rings. The molecule has 0 bridgehead atoms. The van der Waals surface area contributed by atoms with Crippen molar-refractivity contribution < 1.29 is 14.9 Å². The normalized spacial score (nSPS) is 24.0. The lowest BCUT2D eigenvalue weighted by Crippen LogP contribution is -2.43. The lowest BCUT2D eigenvalue weighted by atomic mass is 9.80. The molecule has 0 aromatic rings. The molecule has 2 atom stereocenters. The Hall–Kier alpha value is -0.160. The number of rotatable bonds is 6. The summed E-state index contributed by atoms with van der Waals surface area (Å²) in [7, 11) is 0. The first kappa shape index (κ1) is 13.9. The molecule has 0 spiro atoms. The minimum Gasteiger partial charge on any atom is -0.392 e. The zero-order valence-electron chi connectivity index (χ0n) is 10.4. The number of aliphatic hydroxyl groups is 2. The van der Waals surface area contributed by atoms with Gasteiger partial charge in [-0.1, -0.05) is 6.92 Å². The van der Waals surface area contributed by atoms with E-state index < -0.39 is 11.7 Å². The van der Waals surface area contributed by atoms with Crippen LogP contribution >= 0.6 is 0 Å². The summed E-state index contributed by atoms with van der Waals surface area (Å²) in [6, 6.07) is 0. The van der Waals surface area contributed by atoms with E-state index in [4.69, 9.17) is 4.74 Å². The Labute approximate surface area is 98.0 Å². The van der Waals surface area contributed by atoms with E-state index in [9.17, 15) is 10.2 Å². The first-order valence-corrected chi connectivity index (χ1v) is 6.25. The lowest BCUT2D eigenvalue weighted by molar-refractivity contribution is -0.0773. The summed E-state index contributed by atoms with van der Waals surface area (Å²) >= 11 is 0. The molecule has 1 heterocycles. The average Bonchev–Trinajstić information content (AvgIpc) is 2.27. The van der Waals surface area contributed by atoms with Crippen LogP contribution in [0.15, 0.2) is 0 Å². The maximum absolute atomic E-state index is 10.4. The third kappa shape index (κ3) is 4.37. The van der Waals surface area contributed by atoms with Gasteiger partial charge in [0.05, 0.1) is 11.7 Å². The molecule has 0 amide bonds. The molecule has 96 valence electrons. The fourth-order valence-electron chi connectivity index (χ4n) is 2.35. The molecule has 4 heteroatoms. The Balaban J connectivity index is 2.36. The molecular weight excluding hydrogens is 206 g/mol. The van der Waals surface area contributed by atoms with Crippen molar-refractivity contribution in [2.45, 2.75) is 44.8 Å². The standard InChI is InChI=1S/C12H25NO3/c1-3-13-9-11(14)8-12(2,15)10-4-6-16-7-5-10/h10-11,13-15H,3-9H2,1-2H3/t11-,12+/m0/s1. The highest BCUT2D eigenvalue weighted by atomic mass is 16.5. The summed E-state index contributed by atoms with van der Waals surface area (Å²) < 4.78 is 5.28. The van der Waals surface area contributed by atoms with Crippen molar-refractivity contribution >= 4 is 0 Å². The van der Waals surface area contributed by atoms with Crippen molar-refractivity contribution in [3.05, 3.63) is 0 Å². The van der Waals surface area contributed by atoms with Gasteiger partial charge in [0.1, 0.15) is 0 Å². The predicted molar refractivity (Wildman–Crippen MR) is 63.3 cm³/mol. The Bertz CT molecular complexity index is 191. The maximum atomic E-state index is 10.4. The monoisotopic (exact) mass is 231 g/mol. The number of hydrogen-bond donors (Lipinski definition) is 3. The van der Waals surface area contributed by atoms with E-state index >= 15 is 0 Å². The van der Waals surface area contributed by atoms with Crippen molar-refractivity contribution in [1.29, 1.82) is 0 Å². The van der Waals surface area contributed by atoms with E-state index in [1.54, 1.807) is 0 Å². The number of aliphatic hydroxyl groups excluding tert-OH is 1. The van der Waals surface area contributed by atoms with Crippen LogP contribution in [0.5, 0.6) is 0 Å². The van der Waals surface area contributed by atoms with Gasteiger partial charge < -0.3 is 20.3 Å². The first-order chi connectivity index (χ1) is 7.56. The Morgan fingerprint density at radius 1 is 1.44 bits per heavy atom. The molecular formula is C12H25NO3. The van der Waals surface area contributed by atoms with Gasteiger partial charge in [-0.05, 0) is 32.2 Å². The largest absolute Gasteiger partial charge is 0.392 e. The van der Waals surface area contributed by atoms with Gasteiger partial charge in [-0.25, -0.2) is 0 Å². The van der Waals surface area contributed by atoms with Crippen LogP contribution in [-0.4, -0.2) is 48.2 Å². The van der Waals surface area contributed by atoms with Gasteiger partial charge in [0, 0.05) is 26.2 Å². The van der Waals surface area contributed by atoms with E-state index in [-0.39, 0.29) is 5.92 Å². The van der Waals surface area contributed by atoms with Crippen LogP contribution in [-0.2, 0) is 4.74 Å². The van der Waals surface area contributed by atoms with Gasteiger partial charge in [0.25, 0.3) is 0 Å². The van der Waals surface area contributed by atoms with Gasteiger partial charge in [0.2, 0.25) is 0 Å². The van der Waals surface area contributed by atoms with Gasteiger partial charge in [0.15, 0.2) is 0 Å². The van der Waals surface area contributed by atoms with Crippen molar-refractivity contribution in [2.75, 3.05) is 26.3 Å². The lowest BCUT2D eigenvalue weighted by Gasteiger charge is -2.36. The van der Waals surface area contributed by atoms with Crippen LogP contribution in [0.1, 0.15) is 33.1 Å². The summed E-state index contributed by atoms with van der Waals surface area (Å²) in [4.78, 5) is 0. The number of likely N-dealkylation sites (N-methyl/N-ethyl adjacent to an activating group) is 1. The second-order valence-electron chi connectivity index (χ2n) is 4.91. The molecule has 4 nitrogen and oxygen atoms in total. The Morgan fingerprint density at radius 2 is 2.06 bits per heavy atom. The van der Waals surface area contributed by atoms with Crippen LogP contribution in [0.25, 0.3) is 0 Å². The molecule has 1 aliphatic rings. The van der Waals surface area contributed by atoms with E-state index in [1.165, 1.54) is 0 Å². The van der Waals surface area contributed by atoms with E-state index in [0.717, 1.165) is 32.6 Å². The minimum absolute atomic E-state index is 0.248. The van der Waals surface area contributed by atoms with Crippen LogP contribution in [0.2, 0.25) is 0 Å². The molecule has 1 saturated heterocycles. The smallest absolute Gasteiger partial charge is 0.0691 e. The van der Waals surface area contributed by atoms with Crippen LogP contribution in [0, 0.1) is 5.92 Å². The average molecular weight is 231 g/mol. The first-order valence-electron chi connectivity index (χ1n) is 6.25. The van der Waals surface area contributed by atoms with E-state index in [1.807, 2.05) is 13.8 Å². The Morgan fingerprint density at radius 3 is 2.62 bits per heavy atom. The van der Waals surface area contributed by atoms with E-state index in [2.05, 4.69) is 5.32 Å². The second-order valence-corrected chi connectivity index (χ2v) is 4.91. The van der Waals surface area contributed by atoms with Crippen molar-refractivity contribution in [3.8, 4) is 0 Å². The highest BCUT2D eigenvalue weighted by Gasteiger charge is 2.34. The molecule has 3 N–H and O–H groups in total. The topological polar surface area (TPSA) is 61.7 Å². The quantitative estimate of drug-likeness (QED) is 0.624. The van der Waals surface area contributed by atoms with Gasteiger partial charge in [-0.15, -0.1) is 0 Å². The fraction of sp³-hybridized carbons (Fsp3) is 1.00. The predicted octanol–water partition coefficient (Wildman–Crippen LogP) is 0.524. The van der Waals surface area contributed by atoms with Crippen molar-refractivity contribution in [3.63, 3.8) is 0 Å². The Kier molecular flexibility index (Phi) is 5.69. The SMILES string of the molecule is CCNC[C@@H](O)C[C@@](C)(O)C1CCOCC1. The number of nitrogens with one attached hydrogen (secondary N) is 1. The molecule has 0 aromatic carbocycles. The zero-order valence-corrected chi connectivity index (χ0v) is 10.4. The molecule has 0 radical (unpaired) electrons. The van der Waals surface area contributed by atoms with Gasteiger partial charge >= 0.3 is 0 Å². The number of hydrogen-bond acceptors (Lipinski definition) is 4.